The summed E-state index contributed by atoms with van der Waals surface area (Å²) in [5.41, 5.74) is 1.71. The number of ether oxygens (including phenoxy) is 1. The van der Waals surface area contributed by atoms with Crippen LogP contribution in [-0.2, 0) is 29.0 Å². The summed E-state index contributed by atoms with van der Waals surface area (Å²) in [5.74, 6) is 0.884. The lowest BCUT2D eigenvalue weighted by Gasteiger charge is -2.40. The van der Waals surface area contributed by atoms with Crippen molar-refractivity contribution in [3.63, 3.8) is 0 Å². The fourth-order valence-electron chi connectivity index (χ4n) is 3.94. The van der Waals surface area contributed by atoms with Crippen LogP contribution in [-0.4, -0.2) is 62.9 Å². The fourth-order valence-corrected chi connectivity index (χ4v) is 3.94. The molecular formula is C19H27N5O3. The second-order valence-corrected chi connectivity index (χ2v) is 7.52. The summed E-state index contributed by atoms with van der Waals surface area (Å²) in [7, 11) is 0. The molecule has 0 saturated carbocycles. The van der Waals surface area contributed by atoms with E-state index < -0.39 is 0 Å². The number of H-pyrrole nitrogens is 1. The molecule has 2 saturated heterocycles. The molecule has 2 aromatic rings. The number of hydrogen-bond donors (Lipinski definition) is 1. The van der Waals surface area contributed by atoms with Crippen LogP contribution in [0.4, 0.5) is 0 Å². The van der Waals surface area contributed by atoms with Crippen molar-refractivity contribution in [2.45, 2.75) is 51.3 Å². The predicted octanol–water partition coefficient (Wildman–Crippen LogP) is 1.74. The van der Waals surface area contributed by atoms with E-state index in [4.69, 9.17) is 9.26 Å². The van der Waals surface area contributed by atoms with Gasteiger partial charge in [-0.2, -0.15) is 5.10 Å². The first-order valence-electron chi connectivity index (χ1n) is 9.73. The normalized spacial score (nSPS) is 20.9. The summed E-state index contributed by atoms with van der Waals surface area (Å²) in [5, 5.41) is 11.0. The van der Waals surface area contributed by atoms with Crippen molar-refractivity contribution in [3.05, 3.63) is 35.5 Å². The van der Waals surface area contributed by atoms with Gasteiger partial charge in [-0.3, -0.25) is 14.8 Å². The minimum atomic E-state index is -0.327. The smallest absolute Gasteiger partial charge is 0.225 e. The van der Waals surface area contributed by atoms with E-state index in [0.29, 0.717) is 26.1 Å². The van der Waals surface area contributed by atoms with E-state index >= 15 is 0 Å². The monoisotopic (exact) mass is 373 g/mol. The molecule has 4 heterocycles. The quantitative estimate of drug-likeness (QED) is 0.859. The van der Waals surface area contributed by atoms with Gasteiger partial charge >= 0.3 is 0 Å². The van der Waals surface area contributed by atoms with Gasteiger partial charge in [0.2, 0.25) is 5.91 Å². The van der Waals surface area contributed by atoms with Crippen LogP contribution in [0.1, 0.15) is 43.3 Å². The topological polar surface area (TPSA) is 87.5 Å². The third-order valence-corrected chi connectivity index (χ3v) is 5.63. The van der Waals surface area contributed by atoms with Crippen LogP contribution in [0.5, 0.6) is 0 Å². The average Bonchev–Trinajstić information content (AvgIpc) is 3.32. The van der Waals surface area contributed by atoms with Crippen molar-refractivity contribution >= 4 is 5.91 Å². The first kappa shape index (κ1) is 18.2. The lowest BCUT2D eigenvalue weighted by molar-refractivity contribution is -0.136. The second kappa shape index (κ2) is 7.82. The zero-order chi connectivity index (χ0) is 18.7. The molecule has 2 fully saturated rings. The molecule has 0 unspecified atom stereocenters. The number of aromatic amines is 1. The summed E-state index contributed by atoms with van der Waals surface area (Å²) in [4.78, 5) is 17.1. The van der Waals surface area contributed by atoms with Crippen LogP contribution in [0.2, 0.25) is 0 Å². The number of nitrogens with one attached hydrogen (secondary N) is 1. The number of rotatable bonds is 5. The van der Waals surface area contributed by atoms with E-state index in [1.54, 1.807) is 6.20 Å². The molecule has 2 aliphatic rings. The number of aryl methyl sites for hydroxylation is 1. The molecule has 8 heteroatoms. The van der Waals surface area contributed by atoms with Crippen molar-refractivity contribution in [1.29, 1.82) is 0 Å². The zero-order valence-electron chi connectivity index (χ0n) is 15.8. The van der Waals surface area contributed by atoms with Gasteiger partial charge in [-0.1, -0.05) is 12.1 Å². The van der Waals surface area contributed by atoms with Gasteiger partial charge in [0, 0.05) is 44.1 Å². The SMILES string of the molecule is CCc1cc(CN2CCOC3(CCN(Cc4ccn[nH]4)CC3)CC2=O)on1. The highest BCUT2D eigenvalue weighted by Gasteiger charge is 2.40. The Bertz CT molecular complexity index is 749. The molecule has 27 heavy (non-hydrogen) atoms. The molecule has 0 atom stereocenters. The number of carbonyl (C=O) groups is 1. The molecule has 1 spiro atoms. The van der Waals surface area contributed by atoms with Crippen LogP contribution >= 0.6 is 0 Å². The Balaban J connectivity index is 1.33. The Morgan fingerprint density at radius 2 is 2.11 bits per heavy atom. The Kier molecular flexibility index (Phi) is 5.27. The molecule has 0 radical (unpaired) electrons. The van der Waals surface area contributed by atoms with E-state index in [9.17, 15) is 4.79 Å². The molecular weight excluding hydrogens is 346 g/mol. The van der Waals surface area contributed by atoms with Gasteiger partial charge in [-0.25, -0.2) is 0 Å². The average molecular weight is 373 g/mol. The maximum absolute atomic E-state index is 12.9. The summed E-state index contributed by atoms with van der Waals surface area (Å²) in [6.07, 6.45) is 4.81. The third-order valence-electron chi connectivity index (χ3n) is 5.63. The standard InChI is InChI=1S/C19H27N5O3/c1-2-15-11-17(27-22-15)14-24-9-10-26-19(12-18(24)25)4-7-23(8-5-19)13-16-3-6-20-21-16/h3,6,11H,2,4-5,7-10,12-14H2,1H3,(H,20,21). The Labute approximate surface area is 158 Å². The van der Waals surface area contributed by atoms with Crippen LogP contribution in [0, 0.1) is 0 Å². The number of aromatic nitrogens is 3. The Morgan fingerprint density at radius 1 is 1.26 bits per heavy atom. The molecule has 146 valence electrons. The van der Waals surface area contributed by atoms with Crippen LogP contribution in [0.25, 0.3) is 0 Å². The number of amides is 1. The zero-order valence-corrected chi connectivity index (χ0v) is 15.8. The Hall–Kier alpha value is -2.19. The number of hydrogen-bond acceptors (Lipinski definition) is 6. The van der Waals surface area contributed by atoms with Crippen molar-refractivity contribution in [1.82, 2.24) is 25.2 Å². The van der Waals surface area contributed by atoms with Crippen molar-refractivity contribution < 1.29 is 14.1 Å². The first-order chi connectivity index (χ1) is 13.2. The molecule has 8 nitrogen and oxygen atoms in total. The summed E-state index contributed by atoms with van der Waals surface area (Å²) < 4.78 is 11.6. The van der Waals surface area contributed by atoms with Crippen LogP contribution in [0.15, 0.2) is 22.9 Å². The van der Waals surface area contributed by atoms with Gasteiger partial charge in [-0.05, 0) is 25.3 Å². The van der Waals surface area contributed by atoms with Crippen molar-refractivity contribution in [3.8, 4) is 0 Å². The van der Waals surface area contributed by atoms with Crippen LogP contribution < -0.4 is 0 Å². The Morgan fingerprint density at radius 3 is 2.81 bits per heavy atom. The first-order valence-corrected chi connectivity index (χ1v) is 9.73. The minimum absolute atomic E-state index is 0.143. The maximum atomic E-state index is 12.9. The lowest BCUT2D eigenvalue weighted by Crippen LogP contribution is -2.47. The highest BCUT2D eigenvalue weighted by molar-refractivity contribution is 5.77. The predicted molar refractivity (Wildman–Crippen MR) is 97.7 cm³/mol. The van der Waals surface area contributed by atoms with Gasteiger partial charge in [0.1, 0.15) is 0 Å². The molecule has 0 aliphatic carbocycles. The summed E-state index contributed by atoms with van der Waals surface area (Å²) in [6.45, 7) is 6.39. The van der Waals surface area contributed by atoms with Gasteiger partial charge in [0.15, 0.2) is 5.76 Å². The summed E-state index contributed by atoms with van der Waals surface area (Å²) in [6, 6.07) is 3.93. The van der Waals surface area contributed by atoms with E-state index in [1.165, 1.54) is 0 Å². The number of piperidine rings is 1. The van der Waals surface area contributed by atoms with E-state index in [2.05, 4.69) is 20.3 Å². The summed E-state index contributed by atoms with van der Waals surface area (Å²) >= 11 is 0. The lowest BCUT2D eigenvalue weighted by atomic mass is 9.87. The van der Waals surface area contributed by atoms with Gasteiger partial charge in [0.05, 0.1) is 30.9 Å². The highest BCUT2D eigenvalue weighted by atomic mass is 16.5. The van der Waals surface area contributed by atoms with E-state index in [1.807, 2.05) is 24.0 Å². The number of nitrogens with zero attached hydrogens (tertiary/aromatic N) is 4. The van der Waals surface area contributed by atoms with Gasteiger partial charge in [0.25, 0.3) is 0 Å². The largest absolute Gasteiger partial charge is 0.373 e. The molecule has 0 aromatic carbocycles. The fraction of sp³-hybridized carbons (Fsp3) is 0.632. The van der Waals surface area contributed by atoms with E-state index in [0.717, 1.165) is 56.0 Å². The number of likely N-dealkylation sites (tertiary alicyclic amines) is 1. The van der Waals surface area contributed by atoms with Crippen molar-refractivity contribution in [2.75, 3.05) is 26.2 Å². The highest BCUT2D eigenvalue weighted by Crippen LogP contribution is 2.33. The molecule has 2 aromatic heterocycles. The molecule has 1 amide bonds. The van der Waals surface area contributed by atoms with Gasteiger partial charge in [-0.15, -0.1) is 0 Å². The maximum Gasteiger partial charge on any atom is 0.225 e. The number of carbonyl (C=O) groups excluding carboxylic acids is 1. The van der Waals surface area contributed by atoms with Crippen molar-refractivity contribution in [2.24, 2.45) is 0 Å². The molecule has 1 N–H and O–H groups in total. The molecule has 4 rings (SSSR count). The molecule has 2 aliphatic heterocycles. The molecule has 0 bridgehead atoms. The van der Waals surface area contributed by atoms with E-state index in [-0.39, 0.29) is 11.5 Å². The second-order valence-electron chi connectivity index (χ2n) is 7.52. The minimum Gasteiger partial charge on any atom is -0.373 e. The van der Waals surface area contributed by atoms with Crippen LogP contribution in [0.3, 0.4) is 0 Å². The van der Waals surface area contributed by atoms with Gasteiger partial charge < -0.3 is 14.2 Å². The third kappa shape index (κ3) is 4.22.